The zero-order valence-corrected chi connectivity index (χ0v) is 14.0. The predicted molar refractivity (Wildman–Crippen MR) is 86.9 cm³/mol. The van der Waals surface area contributed by atoms with Crippen molar-refractivity contribution >= 4 is 5.91 Å². The number of hydrogen-bond acceptors (Lipinski definition) is 3. The fraction of sp³-hybridized carbons (Fsp3) is 0.611. The number of hydrogen-bond donors (Lipinski definition) is 1. The van der Waals surface area contributed by atoms with E-state index in [0.717, 1.165) is 30.7 Å². The number of nitrogens with zero attached hydrogens (tertiary/aromatic N) is 1. The number of likely N-dealkylation sites (tertiary alicyclic amines) is 1. The first-order chi connectivity index (χ1) is 10.3. The van der Waals surface area contributed by atoms with Crippen molar-refractivity contribution < 1.29 is 14.6 Å². The molecule has 1 heterocycles. The number of carbonyl (C=O) groups is 1. The fourth-order valence-electron chi connectivity index (χ4n) is 3.25. The Morgan fingerprint density at radius 3 is 2.59 bits per heavy atom. The molecule has 0 spiro atoms. The summed E-state index contributed by atoms with van der Waals surface area (Å²) in [4.78, 5) is 14.6. The summed E-state index contributed by atoms with van der Waals surface area (Å²) in [5.74, 6) is 0.876. The summed E-state index contributed by atoms with van der Waals surface area (Å²) in [7, 11) is 1.64. The summed E-state index contributed by atoms with van der Waals surface area (Å²) in [6.45, 7) is 6.29. The largest absolute Gasteiger partial charge is 0.497 e. The molecule has 4 nitrogen and oxygen atoms in total. The van der Waals surface area contributed by atoms with Gasteiger partial charge in [0.1, 0.15) is 5.75 Å². The van der Waals surface area contributed by atoms with Crippen molar-refractivity contribution in [1.29, 1.82) is 0 Å². The lowest BCUT2D eigenvalue weighted by Gasteiger charge is -2.35. The van der Waals surface area contributed by atoms with Gasteiger partial charge in [0.15, 0.2) is 0 Å². The van der Waals surface area contributed by atoms with Crippen LogP contribution >= 0.6 is 0 Å². The number of rotatable bonds is 5. The molecule has 1 aliphatic rings. The molecule has 1 amide bonds. The van der Waals surface area contributed by atoms with Gasteiger partial charge in [-0.2, -0.15) is 0 Å². The van der Waals surface area contributed by atoms with Gasteiger partial charge in [0, 0.05) is 12.5 Å². The van der Waals surface area contributed by atoms with Crippen molar-refractivity contribution in [2.75, 3.05) is 13.7 Å². The van der Waals surface area contributed by atoms with Crippen LogP contribution in [0.25, 0.3) is 0 Å². The number of ether oxygens (including phenoxy) is 1. The van der Waals surface area contributed by atoms with E-state index in [1.807, 2.05) is 36.1 Å². The molecule has 0 aromatic heterocycles. The maximum Gasteiger partial charge on any atom is 0.226 e. The highest BCUT2D eigenvalue weighted by Crippen LogP contribution is 2.28. The van der Waals surface area contributed by atoms with Gasteiger partial charge in [-0.25, -0.2) is 0 Å². The standard InChI is InChI=1S/C18H27NO3/c1-13(12-14-7-9-15(22-4)10-8-14)17(20)19-11-5-6-16(19)18(2,3)21/h7-10,13,16,21H,5-6,11-12H2,1-4H3. The van der Waals surface area contributed by atoms with Crippen molar-refractivity contribution in [1.82, 2.24) is 4.90 Å². The topological polar surface area (TPSA) is 49.8 Å². The van der Waals surface area contributed by atoms with E-state index in [4.69, 9.17) is 4.74 Å². The van der Waals surface area contributed by atoms with Crippen LogP contribution in [0.2, 0.25) is 0 Å². The highest BCUT2D eigenvalue weighted by atomic mass is 16.5. The summed E-state index contributed by atoms with van der Waals surface area (Å²) in [5.41, 5.74) is 0.284. The molecule has 1 aromatic carbocycles. The molecule has 1 N–H and O–H groups in total. The van der Waals surface area contributed by atoms with Crippen LogP contribution in [-0.2, 0) is 11.2 Å². The van der Waals surface area contributed by atoms with Gasteiger partial charge >= 0.3 is 0 Å². The van der Waals surface area contributed by atoms with E-state index in [1.165, 1.54) is 0 Å². The summed E-state index contributed by atoms with van der Waals surface area (Å²) >= 11 is 0. The number of methoxy groups -OCH3 is 1. The minimum atomic E-state index is -0.841. The Morgan fingerprint density at radius 2 is 2.05 bits per heavy atom. The predicted octanol–water partition coefficient (Wildman–Crippen LogP) is 2.64. The second-order valence-corrected chi connectivity index (χ2v) is 6.80. The summed E-state index contributed by atoms with van der Waals surface area (Å²) in [5, 5.41) is 10.3. The SMILES string of the molecule is COc1ccc(CC(C)C(=O)N2CCCC2C(C)(C)O)cc1. The number of amides is 1. The molecule has 0 bridgehead atoms. The molecule has 1 aromatic rings. The Labute approximate surface area is 133 Å². The van der Waals surface area contributed by atoms with Crippen molar-refractivity contribution in [3.8, 4) is 5.75 Å². The highest BCUT2D eigenvalue weighted by Gasteiger charge is 2.39. The Morgan fingerprint density at radius 1 is 1.41 bits per heavy atom. The minimum Gasteiger partial charge on any atom is -0.497 e. The summed E-state index contributed by atoms with van der Waals surface area (Å²) in [6.07, 6.45) is 2.55. The zero-order chi connectivity index (χ0) is 16.3. The zero-order valence-electron chi connectivity index (χ0n) is 14.0. The molecule has 4 heteroatoms. The maximum absolute atomic E-state index is 12.7. The molecule has 2 atom stereocenters. The van der Waals surface area contributed by atoms with Crippen LogP contribution in [0.3, 0.4) is 0 Å². The first-order valence-corrected chi connectivity index (χ1v) is 7.98. The van der Waals surface area contributed by atoms with Crippen LogP contribution in [0, 0.1) is 5.92 Å². The second-order valence-electron chi connectivity index (χ2n) is 6.80. The highest BCUT2D eigenvalue weighted by molar-refractivity contribution is 5.79. The van der Waals surface area contributed by atoms with Gasteiger partial charge in [0.2, 0.25) is 5.91 Å². The van der Waals surface area contributed by atoms with Gasteiger partial charge in [-0.1, -0.05) is 19.1 Å². The number of carbonyl (C=O) groups excluding carboxylic acids is 1. The third-order valence-electron chi connectivity index (χ3n) is 4.47. The van der Waals surface area contributed by atoms with Gasteiger partial charge in [0.25, 0.3) is 0 Å². The number of aliphatic hydroxyl groups is 1. The molecule has 0 saturated carbocycles. The molecule has 1 fully saturated rings. The van der Waals surface area contributed by atoms with Gasteiger partial charge in [0.05, 0.1) is 18.8 Å². The molecular formula is C18H27NO3. The van der Waals surface area contributed by atoms with E-state index in [0.29, 0.717) is 6.42 Å². The van der Waals surface area contributed by atoms with Crippen LogP contribution in [-0.4, -0.2) is 41.2 Å². The number of benzene rings is 1. The van der Waals surface area contributed by atoms with Gasteiger partial charge < -0.3 is 14.7 Å². The van der Waals surface area contributed by atoms with Crippen LogP contribution in [0.15, 0.2) is 24.3 Å². The molecule has 0 radical (unpaired) electrons. The molecule has 0 aliphatic carbocycles. The molecule has 2 unspecified atom stereocenters. The van der Waals surface area contributed by atoms with Crippen molar-refractivity contribution in [2.24, 2.45) is 5.92 Å². The van der Waals surface area contributed by atoms with Crippen LogP contribution in [0.5, 0.6) is 5.75 Å². The minimum absolute atomic E-state index is 0.0710. The molecule has 1 saturated heterocycles. The van der Waals surface area contributed by atoms with Gasteiger partial charge in [-0.05, 0) is 50.8 Å². The van der Waals surface area contributed by atoms with Crippen LogP contribution in [0.4, 0.5) is 0 Å². The second kappa shape index (κ2) is 6.69. The van der Waals surface area contributed by atoms with Crippen molar-refractivity contribution in [3.05, 3.63) is 29.8 Å². The third-order valence-corrected chi connectivity index (χ3v) is 4.47. The molecule has 22 heavy (non-hydrogen) atoms. The van der Waals surface area contributed by atoms with Gasteiger partial charge in [-0.3, -0.25) is 4.79 Å². The first-order valence-electron chi connectivity index (χ1n) is 7.98. The van der Waals surface area contributed by atoms with Crippen LogP contribution in [0.1, 0.15) is 39.2 Å². The average molecular weight is 305 g/mol. The molecule has 2 rings (SSSR count). The molecular weight excluding hydrogens is 278 g/mol. The summed E-state index contributed by atoms with van der Waals surface area (Å²) < 4.78 is 5.15. The molecule has 1 aliphatic heterocycles. The van der Waals surface area contributed by atoms with E-state index in [-0.39, 0.29) is 17.9 Å². The van der Waals surface area contributed by atoms with E-state index in [9.17, 15) is 9.90 Å². The quantitative estimate of drug-likeness (QED) is 0.910. The van der Waals surface area contributed by atoms with E-state index >= 15 is 0 Å². The fourth-order valence-corrected chi connectivity index (χ4v) is 3.25. The Kier molecular flexibility index (Phi) is 5.12. The van der Waals surface area contributed by atoms with Crippen molar-refractivity contribution in [2.45, 2.75) is 51.7 Å². The lowest BCUT2D eigenvalue weighted by molar-refractivity contribution is -0.140. The van der Waals surface area contributed by atoms with E-state index in [1.54, 1.807) is 21.0 Å². The lowest BCUT2D eigenvalue weighted by atomic mass is 9.94. The normalized spacial score (nSPS) is 20.0. The van der Waals surface area contributed by atoms with E-state index in [2.05, 4.69) is 0 Å². The Balaban J connectivity index is 2.02. The Bertz CT molecular complexity index is 504. The maximum atomic E-state index is 12.7. The molecule has 122 valence electrons. The smallest absolute Gasteiger partial charge is 0.226 e. The third kappa shape index (κ3) is 3.80. The lowest BCUT2D eigenvalue weighted by Crippen LogP contribution is -2.49. The van der Waals surface area contributed by atoms with Crippen molar-refractivity contribution in [3.63, 3.8) is 0 Å². The summed E-state index contributed by atoms with van der Waals surface area (Å²) in [6, 6.07) is 7.77. The monoisotopic (exact) mass is 305 g/mol. The van der Waals surface area contributed by atoms with Gasteiger partial charge in [-0.15, -0.1) is 0 Å². The Hall–Kier alpha value is -1.55. The first kappa shape index (κ1) is 16.8. The van der Waals surface area contributed by atoms with Crippen LogP contribution < -0.4 is 4.74 Å². The van der Waals surface area contributed by atoms with E-state index < -0.39 is 5.60 Å². The average Bonchev–Trinajstić information content (AvgIpc) is 2.96.